The van der Waals surface area contributed by atoms with Gasteiger partial charge in [0.05, 0.1) is 6.42 Å². The highest BCUT2D eigenvalue weighted by Crippen LogP contribution is 2.10. The zero-order valence-electron chi connectivity index (χ0n) is 9.95. The Morgan fingerprint density at radius 3 is 2.21 bits per heavy atom. The third-order valence-electron chi connectivity index (χ3n) is 2.43. The molecule has 0 aliphatic rings. The van der Waals surface area contributed by atoms with Crippen molar-refractivity contribution in [2.75, 3.05) is 0 Å². The van der Waals surface area contributed by atoms with E-state index in [1.807, 2.05) is 0 Å². The van der Waals surface area contributed by atoms with Gasteiger partial charge in [0.25, 0.3) is 0 Å². The summed E-state index contributed by atoms with van der Waals surface area (Å²) in [5.41, 5.74) is 6.18. The van der Waals surface area contributed by atoms with Crippen molar-refractivity contribution in [3.63, 3.8) is 0 Å². The molecule has 0 aromatic heterocycles. The summed E-state index contributed by atoms with van der Waals surface area (Å²) in [7, 11) is 0. The number of carboxylic acid groups (broad SMARTS) is 2. The minimum Gasteiger partial charge on any atom is -0.481 e. The Balaban J connectivity index is 2.72. The van der Waals surface area contributed by atoms with E-state index < -0.39 is 36.4 Å². The predicted molar refractivity (Wildman–Crippen MR) is 65.2 cm³/mol. The third kappa shape index (κ3) is 4.40. The fourth-order valence-electron chi connectivity index (χ4n) is 1.45. The number of carboxylic acids is 2. The van der Waals surface area contributed by atoms with Crippen LogP contribution in [0.2, 0.25) is 0 Å². The average molecular weight is 266 g/mol. The van der Waals surface area contributed by atoms with Gasteiger partial charge in [0, 0.05) is 0 Å². The van der Waals surface area contributed by atoms with Crippen LogP contribution in [-0.4, -0.2) is 34.1 Å². The minimum absolute atomic E-state index is 0.513. The molecule has 0 spiro atoms. The van der Waals surface area contributed by atoms with E-state index in [0.29, 0.717) is 5.56 Å². The quantitative estimate of drug-likeness (QED) is 0.560. The Bertz CT molecular complexity index is 474. The van der Waals surface area contributed by atoms with Crippen LogP contribution >= 0.6 is 0 Å². The van der Waals surface area contributed by atoms with Crippen LogP contribution in [0.5, 0.6) is 0 Å². The van der Waals surface area contributed by atoms with Crippen molar-refractivity contribution in [2.24, 2.45) is 5.73 Å². The van der Waals surface area contributed by atoms with Crippen LogP contribution in [0.15, 0.2) is 30.3 Å². The van der Waals surface area contributed by atoms with Crippen LogP contribution in [0.4, 0.5) is 0 Å². The second kappa shape index (κ2) is 6.50. The van der Waals surface area contributed by atoms with Gasteiger partial charge in [-0.1, -0.05) is 30.3 Å². The average Bonchev–Trinajstić information content (AvgIpc) is 2.37. The van der Waals surface area contributed by atoms with Crippen LogP contribution < -0.4 is 11.1 Å². The van der Waals surface area contributed by atoms with Crippen molar-refractivity contribution in [3.8, 4) is 0 Å². The van der Waals surface area contributed by atoms with E-state index >= 15 is 0 Å². The van der Waals surface area contributed by atoms with Gasteiger partial charge in [0.15, 0.2) is 0 Å². The molecule has 1 rings (SSSR count). The molecule has 0 aliphatic carbocycles. The van der Waals surface area contributed by atoms with E-state index in [9.17, 15) is 14.4 Å². The molecular weight excluding hydrogens is 252 g/mol. The molecule has 1 aromatic rings. The molecule has 19 heavy (non-hydrogen) atoms. The monoisotopic (exact) mass is 266 g/mol. The Morgan fingerprint density at radius 1 is 1.16 bits per heavy atom. The zero-order chi connectivity index (χ0) is 14.4. The van der Waals surface area contributed by atoms with Crippen LogP contribution in [0.3, 0.4) is 0 Å². The SMILES string of the molecule is N[C@H](C(=O)NC(CC(=O)O)C(=O)O)c1ccccc1. The number of aliphatic carboxylic acids is 2. The van der Waals surface area contributed by atoms with E-state index in [-0.39, 0.29) is 0 Å². The summed E-state index contributed by atoms with van der Waals surface area (Å²) in [6, 6.07) is 5.83. The molecule has 0 heterocycles. The predicted octanol–water partition coefficient (Wildman–Crippen LogP) is -0.269. The number of carbonyl (C=O) groups excluding carboxylic acids is 1. The highest BCUT2D eigenvalue weighted by atomic mass is 16.4. The molecule has 0 bridgehead atoms. The first-order chi connectivity index (χ1) is 8.91. The Hall–Kier alpha value is -2.41. The van der Waals surface area contributed by atoms with Gasteiger partial charge in [0.2, 0.25) is 5.91 Å². The lowest BCUT2D eigenvalue weighted by Crippen LogP contribution is -2.45. The van der Waals surface area contributed by atoms with Gasteiger partial charge < -0.3 is 21.3 Å². The lowest BCUT2D eigenvalue weighted by molar-refractivity contribution is -0.147. The molecule has 2 atom stereocenters. The highest BCUT2D eigenvalue weighted by Gasteiger charge is 2.26. The maximum Gasteiger partial charge on any atom is 0.326 e. The van der Waals surface area contributed by atoms with Gasteiger partial charge >= 0.3 is 11.9 Å². The lowest BCUT2D eigenvalue weighted by atomic mass is 10.1. The van der Waals surface area contributed by atoms with E-state index in [0.717, 1.165) is 0 Å². The summed E-state index contributed by atoms with van der Waals surface area (Å²) in [4.78, 5) is 33.0. The molecule has 0 radical (unpaired) electrons. The number of hydrogen-bond acceptors (Lipinski definition) is 4. The molecule has 0 saturated heterocycles. The van der Waals surface area contributed by atoms with Crippen molar-refractivity contribution < 1.29 is 24.6 Å². The van der Waals surface area contributed by atoms with Crippen LogP contribution in [0, 0.1) is 0 Å². The van der Waals surface area contributed by atoms with Crippen molar-refractivity contribution in [2.45, 2.75) is 18.5 Å². The van der Waals surface area contributed by atoms with Gasteiger partial charge in [0.1, 0.15) is 12.1 Å². The number of hydrogen-bond donors (Lipinski definition) is 4. The number of amides is 1. The van der Waals surface area contributed by atoms with Crippen LogP contribution in [0.1, 0.15) is 18.0 Å². The smallest absolute Gasteiger partial charge is 0.326 e. The molecule has 0 saturated carbocycles. The zero-order valence-corrected chi connectivity index (χ0v) is 9.95. The Morgan fingerprint density at radius 2 is 1.74 bits per heavy atom. The molecule has 1 amide bonds. The first-order valence-electron chi connectivity index (χ1n) is 5.47. The normalized spacial score (nSPS) is 13.3. The summed E-state index contributed by atoms with van der Waals surface area (Å²) in [6.07, 6.45) is -0.706. The van der Waals surface area contributed by atoms with E-state index in [1.165, 1.54) is 0 Å². The highest BCUT2D eigenvalue weighted by molar-refractivity contribution is 5.89. The molecule has 0 fully saturated rings. The van der Waals surface area contributed by atoms with Crippen LogP contribution in [-0.2, 0) is 14.4 Å². The molecule has 0 aliphatic heterocycles. The van der Waals surface area contributed by atoms with E-state index in [4.69, 9.17) is 15.9 Å². The summed E-state index contributed by atoms with van der Waals surface area (Å²) in [6.45, 7) is 0. The fraction of sp³-hybridized carbons (Fsp3) is 0.250. The number of nitrogens with two attached hydrogens (primary N) is 1. The summed E-state index contributed by atoms with van der Waals surface area (Å²) >= 11 is 0. The second-order valence-corrected chi connectivity index (χ2v) is 3.89. The number of nitrogens with one attached hydrogen (secondary N) is 1. The molecule has 7 nitrogen and oxygen atoms in total. The minimum atomic E-state index is -1.50. The number of benzene rings is 1. The van der Waals surface area contributed by atoms with Gasteiger partial charge in [-0.2, -0.15) is 0 Å². The first-order valence-corrected chi connectivity index (χ1v) is 5.47. The van der Waals surface area contributed by atoms with Crippen molar-refractivity contribution in [3.05, 3.63) is 35.9 Å². The fourth-order valence-corrected chi connectivity index (χ4v) is 1.45. The van der Waals surface area contributed by atoms with Gasteiger partial charge in [-0.15, -0.1) is 0 Å². The molecule has 5 N–H and O–H groups in total. The van der Waals surface area contributed by atoms with E-state index in [1.54, 1.807) is 30.3 Å². The van der Waals surface area contributed by atoms with Crippen molar-refractivity contribution >= 4 is 17.8 Å². The van der Waals surface area contributed by atoms with Gasteiger partial charge in [-0.3, -0.25) is 9.59 Å². The van der Waals surface area contributed by atoms with Crippen LogP contribution in [0.25, 0.3) is 0 Å². The standard InChI is InChI=1S/C12H14N2O5/c13-10(7-4-2-1-3-5-7)11(17)14-8(12(18)19)6-9(15)16/h1-5,8,10H,6,13H2,(H,14,17)(H,15,16)(H,18,19)/t8?,10-/m0/s1. The summed E-state index contributed by atoms with van der Waals surface area (Å²) in [5, 5.41) is 19.5. The molecule has 1 unspecified atom stereocenters. The molecular formula is C12H14N2O5. The largest absolute Gasteiger partial charge is 0.481 e. The van der Waals surface area contributed by atoms with Crippen molar-refractivity contribution in [1.82, 2.24) is 5.32 Å². The lowest BCUT2D eigenvalue weighted by Gasteiger charge is -2.16. The summed E-state index contributed by atoms with van der Waals surface area (Å²) < 4.78 is 0. The maximum atomic E-state index is 11.7. The Labute approximate surface area is 109 Å². The van der Waals surface area contributed by atoms with Crippen molar-refractivity contribution in [1.29, 1.82) is 0 Å². The molecule has 102 valence electrons. The van der Waals surface area contributed by atoms with E-state index in [2.05, 4.69) is 5.32 Å². The van der Waals surface area contributed by atoms with Gasteiger partial charge in [-0.25, -0.2) is 4.79 Å². The third-order valence-corrected chi connectivity index (χ3v) is 2.43. The molecule has 7 heteroatoms. The summed E-state index contributed by atoms with van der Waals surface area (Å²) in [5.74, 6) is -3.48. The second-order valence-electron chi connectivity index (χ2n) is 3.89. The first kappa shape index (κ1) is 14.7. The molecule has 1 aromatic carbocycles. The topological polar surface area (TPSA) is 130 Å². The van der Waals surface area contributed by atoms with Gasteiger partial charge in [-0.05, 0) is 5.56 Å². The number of rotatable bonds is 6. The number of carbonyl (C=O) groups is 3. The Kier molecular flexibility index (Phi) is 5.01. The maximum absolute atomic E-state index is 11.7.